The van der Waals surface area contributed by atoms with E-state index in [9.17, 15) is 4.79 Å². The molecule has 8 nitrogen and oxygen atoms in total. The number of carbonyl (C=O) groups is 1. The van der Waals surface area contributed by atoms with Crippen LogP contribution < -0.4 is 16.0 Å². The number of H-pyrrole nitrogens is 1. The summed E-state index contributed by atoms with van der Waals surface area (Å²) in [7, 11) is 1.65. The molecule has 0 radical (unpaired) electrons. The highest BCUT2D eigenvalue weighted by molar-refractivity contribution is 6.30. The van der Waals surface area contributed by atoms with E-state index in [-0.39, 0.29) is 11.9 Å². The van der Waals surface area contributed by atoms with Crippen LogP contribution in [0.15, 0.2) is 42.9 Å². The number of halogens is 1. The first-order valence-corrected chi connectivity index (χ1v) is 10.8. The maximum absolute atomic E-state index is 13.2. The summed E-state index contributed by atoms with van der Waals surface area (Å²) in [5.41, 5.74) is 7.43. The number of fused-ring (bicyclic) bond motifs is 1. The van der Waals surface area contributed by atoms with Crippen LogP contribution >= 0.6 is 11.6 Å². The molecule has 1 aliphatic rings. The third-order valence-corrected chi connectivity index (χ3v) is 6.18. The molecule has 1 amide bonds. The van der Waals surface area contributed by atoms with E-state index in [0.29, 0.717) is 44.0 Å². The molecule has 164 valence electrons. The van der Waals surface area contributed by atoms with Crippen molar-refractivity contribution >= 4 is 34.4 Å². The number of nitrogens with zero attached hydrogens (tertiary/aromatic N) is 3. The van der Waals surface area contributed by atoms with Crippen molar-refractivity contribution in [3.8, 4) is 0 Å². The zero-order valence-corrected chi connectivity index (χ0v) is 18.2. The number of aromatic nitrogens is 3. The fourth-order valence-electron chi connectivity index (χ4n) is 4.01. The second-order valence-corrected chi connectivity index (χ2v) is 8.38. The zero-order chi connectivity index (χ0) is 21.8. The Morgan fingerprint density at radius 2 is 2.03 bits per heavy atom. The van der Waals surface area contributed by atoms with Gasteiger partial charge in [0.15, 0.2) is 0 Å². The van der Waals surface area contributed by atoms with Crippen molar-refractivity contribution < 1.29 is 9.53 Å². The van der Waals surface area contributed by atoms with Gasteiger partial charge in [-0.25, -0.2) is 9.97 Å². The topological polar surface area (TPSA) is 109 Å². The molecule has 0 spiro atoms. The number of benzene rings is 1. The molecule has 0 saturated carbocycles. The molecule has 4 rings (SSSR count). The summed E-state index contributed by atoms with van der Waals surface area (Å²) < 4.78 is 5.23. The lowest BCUT2D eigenvalue weighted by molar-refractivity contribution is -0.128. The first kappa shape index (κ1) is 21.5. The monoisotopic (exact) mass is 442 g/mol. The van der Waals surface area contributed by atoms with Crippen LogP contribution in [0.2, 0.25) is 5.02 Å². The fraction of sp³-hybridized carbons (Fsp3) is 0.409. The molecule has 9 heteroatoms. The van der Waals surface area contributed by atoms with Gasteiger partial charge < -0.3 is 25.7 Å². The Kier molecular flexibility index (Phi) is 6.41. The highest BCUT2D eigenvalue weighted by atomic mass is 35.5. The predicted molar refractivity (Wildman–Crippen MR) is 121 cm³/mol. The van der Waals surface area contributed by atoms with Crippen molar-refractivity contribution in [3.63, 3.8) is 0 Å². The van der Waals surface area contributed by atoms with Gasteiger partial charge in [-0.05, 0) is 43.0 Å². The Balaban J connectivity index is 1.44. The van der Waals surface area contributed by atoms with Crippen LogP contribution in [0, 0.1) is 0 Å². The molecule has 1 fully saturated rings. The van der Waals surface area contributed by atoms with Gasteiger partial charge in [0.1, 0.15) is 17.8 Å². The maximum Gasteiger partial charge on any atom is 0.240 e. The Morgan fingerprint density at radius 3 is 2.74 bits per heavy atom. The lowest BCUT2D eigenvalue weighted by atomic mass is 9.87. The Morgan fingerprint density at radius 1 is 1.29 bits per heavy atom. The number of ether oxygens (including phenoxy) is 1. The van der Waals surface area contributed by atoms with E-state index in [0.717, 1.165) is 22.4 Å². The Bertz CT molecular complexity index is 1030. The van der Waals surface area contributed by atoms with Gasteiger partial charge in [0, 0.05) is 38.0 Å². The largest absolute Gasteiger partial charge is 0.385 e. The molecule has 1 aromatic carbocycles. The number of nitrogens with one attached hydrogen (secondary N) is 2. The average molecular weight is 443 g/mol. The van der Waals surface area contributed by atoms with Crippen LogP contribution in [-0.4, -0.2) is 53.2 Å². The standard InChI is InChI=1S/C22H27ClN6O2/c1-31-13-7-18(15-2-4-16(23)5-3-15)28-21(30)22(24)8-11-29(12-9-22)20-17-6-10-25-19(17)26-14-27-20/h2-6,10,14,18H,7-9,11-13,24H2,1H3,(H,28,30)(H,25,26,27). The molecule has 0 bridgehead atoms. The number of rotatable bonds is 7. The Hall–Kier alpha value is -2.68. The van der Waals surface area contributed by atoms with E-state index in [1.165, 1.54) is 0 Å². The van der Waals surface area contributed by atoms with Crippen LogP contribution in [0.25, 0.3) is 11.0 Å². The fourth-order valence-corrected chi connectivity index (χ4v) is 4.14. The second-order valence-electron chi connectivity index (χ2n) is 7.94. The van der Waals surface area contributed by atoms with Crippen LogP contribution in [-0.2, 0) is 9.53 Å². The number of hydrogen-bond acceptors (Lipinski definition) is 6. The van der Waals surface area contributed by atoms with E-state index in [2.05, 4.69) is 25.2 Å². The van der Waals surface area contributed by atoms with Crippen molar-refractivity contribution in [1.82, 2.24) is 20.3 Å². The lowest BCUT2D eigenvalue weighted by Gasteiger charge is -2.39. The van der Waals surface area contributed by atoms with Gasteiger partial charge in [-0.3, -0.25) is 4.79 Å². The van der Waals surface area contributed by atoms with Crippen LogP contribution in [0.5, 0.6) is 0 Å². The summed E-state index contributed by atoms with van der Waals surface area (Å²) in [5.74, 6) is 0.727. The first-order chi connectivity index (χ1) is 15.0. The summed E-state index contributed by atoms with van der Waals surface area (Å²) in [5, 5.41) is 4.77. The maximum atomic E-state index is 13.2. The molecule has 1 atom stereocenters. The molecule has 0 aliphatic carbocycles. The van der Waals surface area contributed by atoms with Crippen molar-refractivity contribution in [3.05, 3.63) is 53.4 Å². The summed E-state index contributed by atoms with van der Waals surface area (Å²) in [6.45, 7) is 1.81. The summed E-state index contributed by atoms with van der Waals surface area (Å²) in [6, 6.07) is 9.27. The number of carbonyl (C=O) groups excluding carboxylic acids is 1. The third kappa shape index (κ3) is 4.66. The minimum Gasteiger partial charge on any atom is -0.385 e. The van der Waals surface area contributed by atoms with Gasteiger partial charge in [-0.1, -0.05) is 23.7 Å². The van der Waals surface area contributed by atoms with E-state index in [1.807, 2.05) is 36.5 Å². The van der Waals surface area contributed by atoms with Crippen molar-refractivity contribution in [1.29, 1.82) is 0 Å². The zero-order valence-electron chi connectivity index (χ0n) is 17.5. The number of amides is 1. The number of aromatic amines is 1. The second kappa shape index (κ2) is 9.21. The predicted octanol–water partition coefficient (Wildman–Crippen LogP) is 2.80. The molecular formula is C22H27ClN6O2. The van der Waals surface area contributed by atoms with Crippen LogP contribution in [0.1, 0.15) is 30.9 Å². The van der Waals surface area contributed by atoms with Gasteiger partial charge in [-0.2, -0.15) is 0 Å². The van der Waals surface area contributed by atoms with E-state index >= 15 is 0 Å². The van der Waals surface area contributed by atoms with Gasteiger partial charge in [0.05, 0.1) is 17.0 Å². The van der Waals surface area contributed by atoms with Gasteiger partial charge in [-0.15, -0.1) is 0 Å². The summed E-state index contributed by atoms with van der Waals surface area (Å²) in [6.07, 6.45) is 5.12. The van der Waals surface area contributed by atoms with Crippen LogP contribution in [0.3, 0.4) is 0 Å². The number of nitrogens with two attached hydrogens (primary N) is 1. The number of hydrogen-bond donors (Lipinski definition) is 3. The molecule has 2 aromatic heterocycles. The number of piperidine rings is 1. The summed E-state index contributed by atoms with van der Waals surface area (Å²) in [4.78, 5) is 27.2. The van der Waals surface area contributed by atoms with Crippen LogP contribution in [0.4, 0.5) is 5.82 Å². The van der Waals surface area contributed by atoms with Crippen molar-refractivity contribution in [2.24, 2.45) is 5.73 Å². The Labute approximate surface area is 186 Å². The first-order valence-electron chi connectivity index (χ1n) is 10.4. The molecule has 3 aromatic rings. The minimum atomic E-state index is -0.932. The molecular weight excluding hydrogens is 416 g/mol. The number of methoxy groups -OCH3 is 1. The highest BCUT2D eigenvalue weighted by Crippen LogP contribution is 2.29. The van der Waals surface area contributed by atoms with Gasteiger partial charge >= 0.3 is 0 Å². The molecule has 1 aliphatic heterocycles. The smallest absolute Gasteiger partial charge is 0.240 e. The summed E-state index contributed by atoms with van der Waals surface area (Å²) >= 11 is 6.02. The van der Waals surface area contributed by atoms with Gasteiger partial charge in [0.25, 0.3) is 0 Å². The van der Waals surface area contributed by atoms with Gasteiger partial charge in [0.2, 0.25) is 5.91 Å². The van der Waals surface area contributed by atoms with Crippen molar-refractivity contribution in [2.75, 3.05) is 31.7 Å². The normalized spacial score (nSPS) is 16.9. The minimum absolute atomic E-state index is 0.141. The molecule has 3 heterocycles. The van der Waals surface area contributed by atoms with E-state index in [4.69, 9.17) is 22.1 Å². The lowest BCUT2D eigenvalue weighted by Crippen LogP contribution is -2.60. The SMILES string of the molecule is COCCC(NC(=O)C1(N)CCN(c2ncnc3[nH]ccc23)CC1)c1ccc(Cl)cc1. The van der Waals surface area contributed by atoms with Crippen molar-refractivity contribution in [2.45, 2.75) is 30.8 Å². The number of anilines is 1. The molecule has 4 N–H and O–H groups in total. The van der Waals surface area contributed by atoms with E-state index < -0.39 is 5.54 Å². The molecule has 1 unspecified atom stereocenters. The average Bonchev–Trinajstić information content (AvgIpc) is 3.27. The van der Waals surface area contributed by atoms with E-state index in [1.54, 1.807) is 13.4 Å². The third-order valence-electron chi connectivity index (χ3n) is 5.93. The quantitative estimate of drug-likeness (QED) is 0.519. The molecule has 1 saturated heterocycles. The molecule has 31 heavy (non-hydrogen) atoms. The highest BCUT2D eigenvalue weighted by Gasteiger charge is 2.39.